The predicted octanol–water partition coefficient (Wildman–Crippen LogP) is 7.43. The summed E-state index contributed by atoms with van der Waals surface area (Å²) in [7, 11) is 1.69. The van der Waals surface area contributed by atoms with Crippen molar-refractivity contribution in [2.75, 3.05) is 10.6 Å². The van der Waals surface area contributed by atoms with Crippen LogP contribution in [0.25, 0.3) is 11.1 Å². The number of benzene rings is 2. The standard InChI is InChI=1S/C26H24ClF3N6O3/c1-25(2,3)39-24(37)32-17-6-5-7-18(12-17)38-22-19(15-8-10-16(11-9-15)26(28,29)30)13-31-23(34-22)33-20-14-36(4)35-21(20)27/h5-14H,1-4H3,(H,32,37)(H,31,33,34). The molecule has 204 valence electrons. The third-order valence-corrected chi connectivity index (χ3v) is 5.28. The molecule has 13 heteroatoms. The first-order valence-electron chi connectivity index (χ1n) is 11.6. The topological polar surface area (TPSA) is 103 Å². The maximum atomic E-state index is 13.1. The molecule has 4 rings (SSSR count). The average Bonchev–Trinajstić information content (AvgIpc) is 3.14. The minimum Gasteiger partial charge on any atom is -0.444 e. The van der Waals surface area contributed by atoms with E-state index in [2.05, 4.69) is 25.7 Å². The molecule has 2 N–H and O–H groups in total. The lowest BCUT2D eigenvalue weighted by atomic mass is 10.1. The Bertz CT molecular complexity index is 1480. The molecule has 0 atom stereocenters. The molecule has 0 radical (unpaired) electrons. The molecule has 2 heterocycles. The summed E-state index contributed by atoms with van der Waals surface area (Å²) in [6.07, 6.45) is -2.08. The molecule has 0 spiro atoms. The average molecular weight is 561 g/mol. The van der Waals surface area contributed by atoms with E-state index in [0.717, 1.165) is 12.1 Å². The first-order chi connectivity index (χ1) is 18.3. The minimum atomic E-state index is -4.48. The maximum absolute atomic E-state index is 13.1. The highest BCUT2D eigenvalue weighted by atomic mass is 35.5. The van der Waals surface area contributed by atoms with Crippen molar-refractivity contribution in [3.8, 4) is 22.8 Å². The maximum Gasteiger partial charge on any atom is 0.416 e. The molecule has 0 saturated heterocycles. The van der Waals surface area contributed by atoms with Gasteiger partial charge < -0.3 is 14.8 Å². The molecule has 0 saturated carbocycles. The Morgan fingerprint density at radius 1 is 1.08 bits per heavy atom. The summed E-state index contributed by atoms with van der Waals surface area (Å²) in [5.74, 6) is 0.445. The van der Waals surface area contributed by atoms with Crippen LogP contribution >= 0.6 is 11.6 Å². The van der Waals surface area contributed by atoms with Crippen molar-refractivity contribution in [1.29, 1.82) is 0 Å². The van der Waals surface area contributed by atoms with Gasteiger partial charge in [-0.25, -0.2) is 9.78 Å². The third-order valence-electron chi connectivity index (χ3n) is 5.00. The van der Waals surface area contributed by atoms with Gasteiger partial charge in [-0.05, 0) is 50.6 Å². The number of hydrogen-bond donors (Lipinski definition) is 2. The van der Waals surface area contributed by atoms with Crippen molar-refractivity contribution in [2.24, 2.45) is 7.05 Å². The van der Waals surface area contributed by atoms with Crippen LogP contribution in [0.1, 0.15) is 26.3 Å². The van der Waals surface area contributed by atoms with Gasteiger partial charge >= 0.3 is 12.3 Å². The summed E-state index contributed by atoms with van der Waals surface area (Å²) in [4.78, 5) is 20.9. The molecule has 0 unspecified atom stereocenters. The van der Waals surface area contributed by atoms with E-state index in [0.29, 0.717) is 28.3 Å². The van der Waals surface area contributed by atoms with Crippen molar-refractivity contribution in [3.05, 3.63) is 71.6 Å². The Kier molecular flexibility index (Phi) is 7.68. The van der Waals surface area contributed by atoms with E-state index in [-0.39, 0.29) is 17.0 Å². The Morgan fingerprint density at radius 2 is 1.79 bits per heavy atom. The molecular formula is C26H24ClF3N6O3. The second-order valence-corrected chi connectivity index (χ2v) is 9.73. The zero-order chi connectivity index (χ0) is 28.4. The number of aromatic nitrogens is 4. The Balaban J connectivity index is 1.67. The number of halogens is 4. The van der Waals surface area contributed by atoms with Gasteiger partial charge in [0.2, 0.25) is 11.8 Å². The first-order valence-corrected chi connectivity index (χ1v) is 11.9. The highest BCUT2D eigenvalue weighted by Crippen LogP contribution is 2.36. The molecule has 0 fully saturated rings. The van der Waals surface area contributed by atoms with Gasteiger partial charge in [-0.1, -0.05) is 29.8 Å². The quantitative estimate of drug-likeness (QED) is 0.253. The zero-order valence-electron chi connectivity index (χ0n) is 21.3. The number of aryl methyl sites for hydroxylation is 1. The number of nitrogens with one attached hydrogen (secondary N) is 2. The molecule has 0 aliphatic rings. The molecular weight excluding hydrogens is 537 g/mol. The SMILES string of the molecule is Cn1cc(Nc2ncc(-c3ccc(C(F)(F)F)cc3)c(Oc3cccc(NC(=O)OC(C)(C)C)c3)n2)c(Cl)n1. The van der Waals surface area contributed by atoms with Crippen molar-refractivity contribution in [1.82, 2.24) is 19.7 Å². The van der Waals surface area contributed by atoms with E-state index in [1.165, 1.54) is 23.0 Å². The van der Waals surface area contributed by atoms with E-state index in [9.17, 15) is 18.0 Å². The van der Waals surface area contributed by atoms with Gasteiger partial charge in [0.05, 0.1) is 16.8 Å². The second kappa shape index (κ2) is 10.8. The van der Waals surface area contributed by atoms with E-state index >= 15 is 0 Å². The summed E-state index contributed by atoms with van der Waals surface area (Å²) in [5, 5.41) is 9.81. The fourth-order valence-corrected chi connectivity index (χ4v) is 3.59. The number of carbonyl (C=O) groups excluding carboxylic acids is 1. The number of amides is 1. The summed E-state index contributed by atoms with van der Waals surface area (Å²) in [6, 6.07) is 11.0. The normalized spacial score (nSPS) is 11.7. The van der Waals surface area contributed by atoms with Crippen LogP contribution in [0.4, 0.5) is 35.3 Å². The molecule has 0 aliphatic heterocycles. The lowest BCUT2D eigenvalue weighted by molar-refractivity contribution is -0.137. The number of anilines is 3. The van der Waals surface area contributed by atoms with Crippen LogP contribution in [0.3, 0.4) is 0 Å². The minimum absolute atomic E-state index is 0.0432. The molecule has 0 bridgehead atoms. The second-order valence-electron chi connectivity index (χ2n) is 9.38. The Hall–Kier alpha value is -4.32. The van der Waals surface area contributed by atoms with E-state index < -0.39 is 23.4 Å². The molecule has 0 aliphatic carbocycles. The van der Waals surface area contributed by atoms with Crippen molar-refractivity contribution >= 4 is 35.0 Å². The fourth-order valence-electron chi connectivity index (χ4n) is 3.38. The number of nitrogens with zero attached hydrogens (tertiary/aromatic N) is 4. The highest BCUT2D eigenvalue weighted by molar-refractivity contribution is 6.32. The number of alkyl halides is 3. The van der Waals surface area contributed by atoms with Crippen LogP contribution in [0.15, 0.2) is 60.9 Å². The van der Waals surface area contributed by atoms with Gasteiger partial charge in [0.15, 0.2) is 5.15 Å². The molecule has 2 aromatic heterocycles. The smallest absolute Gasteiger partial charge is 0.416 e. The van der Waals surface area contributed by atoms with Crippen LogP contribution in [-0.4, -0.2) is 31.4 Å². The van der Waals surface area contributed by atoms with Crippen LogP contribution in [0.5, 0.6) is 11.6 Å². The van der Waals surface area contributed by atoms with Gasteiger partial charge in [0, 0.05) is 31.2 Å². The monoisotopic (exact) mass is 560 g/mol. The lowest BCUT2D eigenvalue weighted by Crippen LogP contribution is -2.27. The van der Waals surface area contributed by atoms with Gasteiger partial charge in [-0.15, -0.1) is 0 Å². The summed E-state index contributed by atoms with van der Waals surface area (Å²) in [6.45, 7) is 5.23. The number of rotatable bonds is 6. The third kappa shape index (κ3) is 7.38. The molecule has 39 heavy (non-hydrogen) atoms. The highest BCUT2D eigenvalue weighted by Gasteiger charge is 2.30. The fraction of sp³-hybridized carbons (Fsp3) is 0.231. The first kappa shape index (κ1) is 27.7. The zero-order valence-corrected chi connectivity index (χ0v) is 22.1. The van der Waals surface area contributed by atoms with Gasteiger partial charge in [-0.3, -0.25) is 10.00 Å². The van der Waals surface area contributed by atoms with Crippen LogP contribution in [0.2, 0.25) is 5.15 Å². The van der Waals surface area contributed by atoms with E-state index in [1.54, 1.807) is 58.3 Å². The van der Waals surface area contributed by atoms with Crippen LogP contribution < -0.4 is 15.4 Å². The van der Waals surface area contributed by atoms with Crippen molar-refractivity contribution in [3.63, 3.8) is 0 Å². The lowest BCUT2D eigenvalue weighted by Gasteiger charge is -2.19. The van der Waals surface area contributed by atoms with Gasteiger partial charge in [-0.2, -0.15) is 23.3 Å². The van der Waals surface area contributed by atoms with E-state index in [4.69, 9.17) is 21.1 Å². The number of hydrogen-bond acceptors (Lipinski definition) is 7. The molecule has 2 aromatic carbocycles. The number of ether oxygens (including phenoxy) is 2. The Labute approximate surface area is 226 Å². The summed E-state index contributed by atoms with van der Waals surface area (Å²) >= 11 is 6.12. The molecule has 1 amide bonds. The molecule has 4 aromatic rings. The summed E-state index contributed by atoms with van der Waals surface area (Å²) < 4.78 is 52.1. The Morgan fingerprint density at radius 3 is 2.41 bits per heavy atom. The largest absolute Gasteiger partial charge is 0.444 e. The number of carbonyl (C=O) groups is 1. The molecule has 9 nitrogen and oxygen atoms in total. The van der Waals surface area contributed by atoms with E-state index in [1.807, 2.05) is 0 Å². The van der Waals surface area contributed by atoms with Gasteiger partial charge in [0.1, 0.15) is 11.4 Å². The predicted molar refractivity (Wildman–Crippen MR) is 140 cm³/mol. The summed E-state index contributed by atoms with van der Waals surface area (Å²) in [5.41, 5.74) is 0.0865. The van der Waals surface area contributed by atoms with Crippen molar-refractivity contribution in [2.45, 2.75) is 32.5 Å². The van der Waals surface area contributed by atoms with Crippen LogP contribution in [0, 0.1) is 0 Å². The van der Waals surface area contributed by atoms with Gasteiger partial charge in [0.25, 0.3) is 0 Å². The van der Waals surface area contributed by atoms with Crippen LogP contribution in [-0.2, 0) is 18.0 Å². The van der Waals surface area contributed by atoms with Crippen molar-refractivity contribution < 1.29 is 27.4 Å².